The number of piperazine rings is 1. The molecule has 0 aromatic heterocycles. The molecule has 3 unspecified atom stereocenters. The lowest BCUT2D eigenvalue weighted by Crippen LogP contribution is -2.60. The van der Waals surface area contributed by atoms with Gasteiger partial charge in [0.25, 0.3) is 5.91 Å². The Bertz CT molecular complexity index is 547. The molecule has 0 bridgehead atoms. The standard InChI is InChI=1S/C16H22ClN3O2/c1-10-12(3)20(9-8-18-10)16(22)11(2)19-15(21)13-4-6-14(17)7-5-13/h4-7,10-12,18H,8-9H2,1-3H3,(H,19,21). The molecule has 6 heteroatoms. The fraction of sp³-hybridized carbons (Fsp3) is 0.500. The number of carbonyl (C=O) groups is 2. The minimum atomic E-state index is -0.559. The van der Waals surface area contributed by atoms with E-state index in [1.54, 1.807) is 31.2 Å². The van der Waals surface area contributed by atoms with Crippen LogP contribution in [0.1, 0.15) is 31.1 Å². The molecule has 0 spiro atoms. The lowest BCUT2D eigenvalue weighted by atomic mass is 10.1. The summed E-state index contributed by atoms with van der Waals surface area (Å²) in [5.41, 5.74) is 0.491. The topological polar surface area (TPSA) is 61.4 Å². The third kappa shape index (κ3) is 3.78. The Labute approximate surface area is 136 Å². The van der Waals surface area contributed by atoms with Crippen molar-refractivity contribution in [1.82, 2.24) is 15.5 Å². The Morgan fingerprint density at radius 2 is 1.95 bits per heavy atom. The van der Waals surface area contributed by atoms with Gasteiger partial charge >= 0.3 is 0 Å². The summed E-state index contributed by atoms with van der Waals surface area (Å²) < 4.78 is 0. The van der Waals surface area contributed by atoms with Crippen molar-refractivity contribution in [3.8, 4) is 0 Å². The van der Waals surface area contributed by atoms with E-state index in [-0.39, 0.29) is 23.9 Å². The number of rotatable bonds is 3. The SMILES string of the molecule is CC(NC(=O)c1ccc(Cl)cc1)C(=O)N1CCNC(C)C1C. The second-order valence-electron chi connectivity index (χ2n) is 5.72. The molecule has 1 aromatic rings. The zero-order valence-corrected chi connectivity index (χ0v) is 13.9. The van der Waals surface area contributed by atoms with Crippen LogP contribution in [0, 0.1) is 0 Å². The van der Waals surface area contributed by atoms with E-state index in [1.807, 2.05) is 11.8 Å². The number of amides is 2. The van der Waals surface area contributed by atoms with E-state index < -0.39 is 6.04 Å². The highest BCUT2D eigenvalue weighted by Crippen LogP contribution is 2.12. The smallest absolute Gasteiger partial charge is 0.251 e. The van der Waals surface area contributed by atoms with Crippen molar-refractivity contribution in [2.75, 3.05) is 13.1 Å². The minimum Gasteiger partial charge on any atom is -0.341 e. The van der Waals surface area contributed by atoms with E-state index in [0.29, 0.717) is 17.1 Å². The first-order valence-electron chi connectivity index (χ1n) is 7.50. The third-order valence-electron chi connectivity index (χ3n) is 4.14. The van der Waals surface area contributed by atoms with E-state index in [4.69, 9.17) is 11.6 Å². The zero-order chi connectivity index (χ0) is 16.3. The average molecular weight is 324 g/mol. The van der Waals surface area contributed by atoms with E-state index in [0.717, 1.165) is 6.54 Å². The van der Waals surface area contributed by atoms with Crippen molar-refractivity contribution >= 4 is 23.4 Å². The first-order valence-corrected chi connectivity index (χ1v) is 7.88. The molecule has 1 aromatic carbocycles. The van der Waals surface area contributed by atoms with Crippen molar-refractivity contribution in [1.29, 1.82) is 0 Å². The molecule has 1 aliphatic rings. The van der Waals surface area contributed by atoms with Gasteiger partial charge in [0, 0.05) is 35.8 Å². The van der Waals surface area contributed by atoms with Gasteiger partial charge in [0.15, 0.2) is 0 Å². The van der Waals surface area contributed by atoms with Gasteiger partial charge in [-0.2, -0.15) is 0 Å². The maximum absolute atomic E-state index is 12.5. The van der Waals surface area contributed by atoms with Crippen molar-refractivity contribution < 1.29 is 9.59 Å². The molecule has 2 N–H and O–H groups in total. The van der Waals surface area contributed by atoms with Crippen LogP contribution in [0.2, 0.25) is 5.02 Å². The van der Waals surface area contributed by atoms with Gasteiger partial charge in [0.1, 0.15) is 6.04 Å². The molecule has 1 aliphatic heterocycles. The summed E-state index contributed by atoms with van der Waals surface area (Å²) >= 11 is 5.81. The Morgan fingerprint density at radius 1 is 1.32 bits per heavy atom. The minimum absolute atomic E-state index is 0.0526. The molecule has 2 amide bonds. The predicted octanol–water partition coefficient (Wildman–Crippen LogP) is 1.67. The molecule has 1 saturated heterocycles. The summed E-state index contributed by atoms with van der Waals surface area (Å²) in [6.45, 7) is 7.22. The quantitative estimate of drug-likeness (QED) is 0.889. The Balaban J connectivity index is 1.98. The first kappa shape index (κ1) is 16.8. The van der Waals surface area contributed by atoms with Gasteiger partial charge in [-0.25, -0.2) is 0 Å². The van der Waals surface area contributed by atoms with Gasteiger partial charge in [-0.1, -0.05) is 11.6 Å². The lowest BCUT2D eigenvalue weighted by molar-refractivity contribution is -0.136. The predicted molar refractivity (Wildman–Crippen MR) is 87.0 cm³/mol. The Morgan fingerprint density at radius 3 is 2.59 bits per heavy atom. The maximum Gasteiger partial charge on any atom is 0.251 e. The molecular weight excluding hydrogens is 302 g/mol. The van der Waals surface area contributed by atoms with Crippen LogP contribution in [0.15, 0.2) is 24.3 Å². The fourth-order valence-electron chi connectivity index (χ4n) is 2.56. The summed E-state index contributed by atoms with van der Waals surface area (Å²) in [7, 11) is 0. The lowest BCUT2D eigenvalue weighted by Gasteiger charge is -2.39. The van der Waals surface area contributed by atoms with Crippen LogP contribution in [0.25, 0.3) is 0 Å². The first-order chi connectivity index (χ1) is 10.4. The molecule has 22 heavy (non-hydrogen) atoms. The largest absolute Gasteiger partial charge is 0.341 e. The van der Waals surface area contributed by atoms with E-state index in [2.05, 4.69) is 17.6 Å². The van der Waals surface area contributed by atoms with Gasteiger partial charge in [0.05, 0.1) is 0 Å². The number of nitrogens with one attached hydrogen (secondary N) is 2. The van der Waals surface area contributed by atoms with E-state index in [1.165, 1.54) is 0 Å². The van der Waals surface area contributed by atoms with Crippen LogP contribution in [0.3, 0.4) is 0 Å². The van der Waals surface area contributed by atoms with Crippen molar-refractivity contribution in [2.45, 2.75) is 38.9 Å². The van der Waals surface area contributed by atoms with Gasteiger partial charge < -0.3 is 15.5 Å². The van der Waals surface area contributed by atoms with E-state index in [9.17, 15) is 9.59 Å². The molecule has 120 valence electrons. The molecular formula is C16H22ClN3O2. The van der Waals surface area contributed by atoms with E-state index >= 15 is 0 Å². The number of nitrogens with zero attached hydrogens (tertiary/aromatic N) is 1. The number of halogens is 1. The van der Waals surface area contributed by atoms with Crippen LogP contribution in [0.4, 0.5) is 0 Å². The molecule has 2 rings (SSSR count). The van der Waals surface area contributed by atoms with Crippen molar-refractivity contribution in [3.05, 3.63) is 34.9 Å². The fourth-order valence-corrected chi connectivity index (χ4v) is 2.69. The van der Waals surface area contributed by atoms with Crippen LogP contribution in [-0.2, 0) is 4.79 Å². The van der Waals surface area contributed by atoms with Crippen LogP contribution < -0.4 is 10.6 Å². The highest BCUT2D eigenvalue weighted by atomic mass is 35.5. The molecule has 3 atom stereocenters. The molecule has 0 saturated carbocycles. The monoisotopic (exact) mass is 323 g/mol. The molecule has 1 fully saturated rings. The normalized spacial score (nSPS) is 23.0. The van der Waals surface area contributed by atoms with Crippen molar-refractivity contribution in [2.24, 2.45) is 0 Å². The number of hydrogen-bond donors (Lipinski definition) is 2. The highest BCUT2D eigenvalue weighted by molar-refractivity contribution is 6.30. The Hall–Kier alpha value is -1.59. The molecule has 0 radical (unpaired) electrons. The van der Waals surface area contributed by atoms with Gasteiger partial charge in [-0.05, 0) is 45.0 Å². The molecule has 0 aliphatic carbocycles. The van der Waals surface area contributed by atoms with Crippen LogP contribution >= 0.6 is 11.6 Å². The second-order valence-corrected chi connectivity index (χ2v) is 6.15. The summed E-state index contributed by atoms with van der Waals surface area (Å²) in [6.07, 6.45) is 0. The number of carbonyl (C=O) groups excluding carboxylic acids is 2. The van der Waals surface area contributed by atoms with Gasteiger partial charge in [0.2, 0.25) is 5.91 Å². The molecule has 5 nitrogen and oxygen atoms in total. The second kappa shape index (κ2) is 7.11. The summed E-state index contributed by atoms with van der Waals surface area (Å²) in [5, 5.41) is 6.66. The summed E-state index contributed by atoms with van der Waals surface area (Å²) in [5.74, 6) is -0.323. The van der Waals surface area contributed by atoms with Crippen molar-refractivity contribution in [3.63, 3.8) is 0 Å². The zero-order valence-electron chi connectivity index (χ0n) is 13.1. The van der Waals surface area contributed by atoms with Crippen LogP contribution in [-0.4, -0.2) is 47.9 Å². The molecule has 1 heterocycles. The van der Waals surface area contributed by atoms with Gasteiger partial charge in [-0.15, -0.1) is 0 Å². The number of hydrogen-bond acceptors (Lipinski definition) is 3. The summed E-state index contributed by atoms with van der Waals surface area (Å²) in [4.78, 5) is 26.5. The van der Waals surface area contributed by atoms with Gasteiger partial charge in [-0.3, -0.25) is 9.59 Å². The van der Waals surface area contributed by atoms with Crippen LogP contribution in [0.5, 0.6) is 0 Å². The summed E-state index contributed by atoms with van der Waals surface area (Å²) in [6, 6.07) is 6.39. The number of benzene rings is 1. The average Bonchev–Trinajstić information content (AvgIpc) is 2.50. The Kier molecular flexibility index (Phi) is 5.42. The maximum atomic E-state index is 12.5. The highest BCUT2D eigenvalue weighted by Gasteiger charge is 2.31. The third-order valence-corrected chi connectivity index (χ3v) is 4.39.